The molecule has 0 aliphatic carbocycles. The van der Waals surface area contributed by atoms with E-state index in [0.29, 0.717) is 0 Å². The van der Waals surface area contributed by atoms with Gasteiger partial charge < -0.3 is 9.64 Å². The van der Waals surface area contributed by atoms with Gasteiger partial charge >= 0.3 is 5.97 Å². The number of rotatable bonds is 5. The summed E-state index contributed by atoms with van der Waals surface area (Å²) in [5.74, 6) is 1.60. The molecule has 0 fully saturated rings. The van der Waals surface area contributed by atoms with Crippen LogP contribution >= 0.6 is 0 Å². The molecule has 122 valence electrons. The fourth-order valence-electron chi connectivity index (χ4n) is 2.19. The number of aliphatic imine (C=N–C) groups is 1. The standard InChI is InChI=1S/C20H20N2O2/c1-4-16-5-9-18(10-6-16)22(3)19-11-7-17(8-12-19)15-24-20(23)13-14-21-2/h5-12H,2,4,15H2,1,3H3. The molecule has 0 aliphatic heterocycles. The van der Waals surface area contributed by atoms with E-state index in [9.17, 15) is 4.79 Å². The van der Waals surface area contributed by atoms with Crippen LogP contribution < -0.4 is 4.90 Å². The van der Waals surface area contributed by atoms with Crippen molar-refractivity contribution in [3.8, 4) is 12.0 Å². The number of benzene rings is 2. The van der Waals surface area contributed by atoms with Gasteiger partial charge in [0.05, 0.1) is 0 Å². The Balaban J connectivity index is 2.00. The number of esters is 1. The van der Waals surface area contributed by atoms with E-state index in [-0.39, 0.29) is 6.61 Å². The van der Waals surface area contributed by atoms with Gasteiger partial charge in [0, 0.05) is 37.1 Å². The average Bonchev–Trinajstić information content (AvgIpc) is 2.64. The first-order chi connectivity index (χ1) is 11.6. The molecular weight excluding hydrogens is 300 g/mol. The van der Waals surface area contributed by atoms with Gasteiger partial charge in [0.25, 0.3) is 0 Å². The lowest BCUT2D eigenvalue weighted by molar-refractivity contribution is -0.137. The first kappa shape index (κ1) is 17.3. The van der Waals surface area contributed by atoms with Gasteiger partial charge in [0.1, 0.15) is 6.61 Å². The summed E-state index contributed by atoms with van der Waals surface area (Å²) < 4.78 is 5.03. The van der Waals surface area contributed by atoms with Crippen molar-refractivity contribution in [3.63, 3.8) is 0 Å². The van der Waals surface area contributed by atoms with Crippen molar-refractivity contribution in [2.45, 2.75) is 20.0 Å². The van der Waals surface area contributed by atoms with E-state index in [0.717, 1.165) is 23.4 Å². The highest BCUT2D eigenvalue weighted by Crippen LogP contribution is 2.24. The van der Waals surface area contributed by atoms with E-state index >= 15 is 0 Å². The van der Waals surface area contributed by atoms with Crippen LogP contribution in [0.5, 0.6) is 0 Å². The second-order valence-electron chi connectivity index (χ2n) is 5.22. The van der Waals surface area contributed by atoms with Crippen molar-refractivity contribution < 1.29 is 9.53 Å². The molecule has 0 aliphatic rings. The molecule has 0 atom stereocenters. The number of anilines is 2. The Hall–Kier alpha value is -3.06. The van der Waals surface area contributed by atoms with E-state index in [1.54, 1.807) is 0 Å². The Morgan fingerprint density at radius 2 is 1.62 bits per heavy atom. The molecule has 0 saturated heterocycles. The fourth-order valence-corrected chi connectivity index (χ4v) is 2.19. The predicted molar refractivity (Wildman–Crippen MR) is 97.4 cm³/mol. The van der Waals surface area contributed by atoms with Gasteiger partial charge in [-0.2, -0.15) is 0 Å². The topological polar surface area (TPSA) is 41.9 Å². The predicted octanol–water partition coefficient (Wildman–Crippen LogP) is 3.72. The Morgan fingerprint density at radius 1 is 1.08 bits per heavy atom. The third-order valence-corrected chi connectivity index (χ3v) is 3.66. The minimum atomic E-state index is -0.611. The summed E-state index contributed by atoms with van der Waals surface area (Å²) in [6, 6.07) is 18.6. The van der Waals surface area contributed by atoms with Gasteiger partial charge in [-0.25, -0.2) is 9.79 Å². The van der Waals surface area contributed by atoms with Crippen LogP contribution in [0.3, 0.4) is 0 Å². The second kappa shape index (κ2) is 8.54. The molecule has 2 rings (SSSR count). The summed E-state index contributed by atoms with van der Waals surface area (Å²) in [7, 11) is 2.02. The molecule has 0 heterocycles. The Labute approximate surface area is 142 Å². The van der Waals surface area contributed by atoms with Crippen molar-refractivity contribution in [2.75, 3.05) is 11.9 Å². The number of hydrogen-bond donors (Lipinski definition) is 0. The molecular formula is C20H20N2O2. The number of carbonyl (C=O) groups excluding carboxylic acids is 1. The van der Waals surface area contributed by atoms with Gasteiger partial charge in [-0.05, 0) is 41.8 Å². The number of hydrogen-bond acceptors (Lipinski definition) is 4. The average molecular weight is 320 g/mol. The maximum absolute atomic E-state index is 11.3. The smallest absolute Gasteiger partial charge is 0.386 e. The van der Waals surface area contributed by atoms with Gasteiger partial charge in [-0.15, -0.1) is 0 Å². The van der Waals surface area contributed by atoms with Gasteiger partial charge in [0.15, 0.2) is 0 Å². The normalized spacial score (nSPS) is 9.58. The first-order valence-corrected chi connectivity index (χ1v) is 7.69. The minimum absolute atomic E-state index is 0.180. The lowest BCUT2D eigenvalue weighted by Crippen LogP contribution is -2.09. The maximum atomic E-state index is 11.3. The van der Waals surface area contributed by atoms with Gasteiger partial charge in [0.2, 0.25) is 0 Å². The second-order valence-corrected chi connectivity index (χ2v) is 5.22. The van der Waals surface area contributed by atoms with Crippen molar-refractivity contribution in [1.29, 1.82) is 0 Å². The maximum Gasteiger partial charge on any atom is 0.386 e. The van der Waals surface area contributed by atoms with E-state index in [2.05, 4.69) is 59.8 Å². The lowest BCUT2D eigenvalue weighted by atomic mass is 10.1. The Bertz CT molecular complexity index is 753. The monoisotopic (exact) mass is 320 g/mol. The SMILES string of the molecule is C=NC#CC(=O)OCc1ccc(N(C)c2ccc(CC)cc2)cc1. The third-order valence-electron chi connectivity index (χ3n) is 3.66. The molecule has 24 heavy (non-hydrogen) atoms. The molecule has 0 saturated carbocycles. The summed E-state index contributed by atoms with van der Waals surface area (Å²) in [6.07, 6.45) is 1.03. The summed E-state index contributed by atoms with van der Waals surface area (Å²) >= 11 is 0. The Kier molecular flexibility index (Phi) is 6.16. The van der Waals surface area contributed by atoms with Crippen LogP contribution in [0.4, 0.5) is 11.4 Å². The highest BCUT2D eigenvalue weighted by Gasteiger charge is 2.05. The van der Waals surface area contributed by atoms with Crippen molar-refractivity contribution in [1.82, 2.24) is 0 Å². The number of carbonyl (C=O) groups is 1. The Morgan fingerprint density at radius 3 is 2.12 bits per heavy atom. The van der Waals surface area contributed by atoms with Crippen LogP contribution in [0, 0.1) is 12.0 Å². The largest absolute Gasteiger partial charge is 0.451 e. The first-order valence-electron chi connectivity index (χ1n) is 7.69. The highest BCUT2D eigenvalue weighted by atomic mass is 16.5. The zero-order chi connectivity index (χ0) is 17.4. The van der Waals surface area contributed by atoms with E-state index in [4.69, 9.17) is 4.74 Å². The van der Waals surface area contributed by atoms with E-state index < -0.39 is 5.97 Å². The highest BCUT2D eigenvalue weighted by molar-refractivity contribution is 5.88. The summed E-state index contributed by atoms with van der Waals surface area (Å²) in [6.45, 7) is 5.50. The van der Waals surface area contributed by atoms with Gasteiger partial charge in [-0.1, -0.05) is 31.2 Å². The molecule has 0 aromatic heterocycles. The molecule has 0 spiro atoms. The molecule has 0 bridgehead atoms. The van der Waals surface area contributed by atoms with Crippen LogP contribution in [0.25, 0.3) is 0 Å². The zero-order valence-corrected chi connectivity index (χ0v) is 14.0. The minimum Gasteiger partial charge on any atom is -0.451 e. The molecule has 0 amide bonds. The quantitative estimate of drug-likeness (QED) is 0.479. The summed E-state index contributed by atoms with van der Waals surface area (Å²) in [5, 5.41) is 0. The van der Waals surface area contributed by atoms with E-state index in [1.165, 1.54) is 5.56 Å². The van der Waals surface area contributed by atoms with Crippen molar-refractivity contribution in [3.05, 3.63) is 59.7 Å². The van der Waals surface area contributed by atoms with Gasteiger partial charge in [-0.3, -0.25) is 0 Å². The lowest BCUT2D eigenvalue weighted by Gasteiger charge is -2.20. The molecule has 2 aromatic carbocycles. The van der Waals surface area contributed by atoms with Crippen LogP contribution in [-0.4, -0.2) is 19.7 Å². The van der Waals surface area contributed by atoms with Crippen LogP contribution in [0.15, 0.2) is 53.5 Å². The molecule has 2 aromatic rings. The fraction of sp³-hybridized carbons (Fsp3) is 0.200. The van der Waals surface area contributed by atoms with Crippen LogP contribution in [0.1, 0.15) is 18.1 Å². The molecule has 4 nitrogen and oxygen atoms in total. The molecule has 4 heteroatoms. The molecule has 0 radical (unpaired) electrons. The molecule has 0 unspecified atom stereocenters. The third kappa shape index (κ3) is 4.72. The summed E-state index contributed by atoms with van der Waals surface area (Å²) in [5.41, 5.74) is 4.40. The van der Waals surface area contributed by atoms with Crippen molar-refractivity contribution >= 4 is 24.1 Å². The summed E-state index contributed by atoms with van der Waals surface area (Å²) in [4.78, 5) is 16.7. The number of aryl methyl sites for hydroxylation is 1. The number of nitrogens with zero attached hydrogens (tertiary/aromatic N) is 2. The van der Waals surface area contributed by atoms with Crippen LogP contribution in [-0.2, 0) is 22.6 Å². The van der Waals surface area contributed by atoms with Crippen LogP contribution in [0.2, 0.25) is 0 Å². The van der Waals surface area contributed by atoms with E-state index in [1.807, 2.05) is 31.3 Å². The zero-order valence-electron chi connectivity index (χ0n) is 14.0. The van der Waals surface area contributed by atoms with Crippen molar-refractivity contribution in [2.24, 2.45) is 4.99 Å². The number of ether oxygens (including phenoxy) is 1. The molecule has 0 N–H and O–H groups in total.